The average Bonchev–Trinajstić information content (AvgIpc) is 3.23. The van der Waals surface area contributed by atoms with E-state index in [9.17, 15) is 4.79 Å². The predicted molar refractivity (Wildman–Crippen MR) is 90.8 cm³/mol. The number of halogens is 1. The van der Waals surface area contributed by atoms with E-state index in [1.165, 1.54) is 6.39 Å². The second kappa shape index (κ2) is 6.33. The third kappa shape index (κ3) is 3.15. The summed E-state index contributed by atoms with van der Waals surface area (Å²) in [7, 11) is 0. The Hall–Kier alpha value is -2.67. The highest BCUT2D eigenvalue weighted by atomic mass is 35.5. The highest BCUT2D eigenvalue weighted by Crippen LogP contribution is 2.40. The maximum atomic E-state index is 12.4. The van der Waals surface area contributed by atoms with Gasteiger partial charge in [0.15, 0.2) is 6.39 Å². The summed E-state index contributed by atoms with van der Waals surface area (Å²) in [5, 5.41) is 7.73. The number of hydrogen-bond acceptors (Lipinski definition) is 5. The molecule has 128 valence electrons. The first kappa shape index (κ1) is 15.8. The first-order valence-corrected chi connectivity index (χ1v) is 8.40. The molecule has 2 aromatic heterocycles. The second-order valence-electron chi connectivity index (χ2n) is 5.97. The SMILES string of the molecule is Cc1ocnc1CNC(=O)c1nc(C2CC2)n(-c2ccccc2Cl)n1. The quantitative estimate of drug-likeness (QED) is 0.758. The summed E-state index contributed by atoms with van der Waals surface area (Å²) in [6.45, 7) is 2.06. The monoisotopic (exact) mass is 357 g/mol. The Labute approximate surface area is 149 Å². The van der Waals surface area contributed by atoms with E-state index in [1.54, 1.807) is 17.7 Å². The zero-order valence-electron chi connectivity index (χ0n) is 13.6. The van der Waals surface area contributed by atoms with Crippen molar-refractivity contribution in [3.63, 3.8) is 0 Å². The summed E-state index contributed by atoms with van der Waals surface area (Å²) >= 11 is 6.28. The van der Waals surface area contributed by atoms with Gasteiger partial charge >= 0.3 is 0 Å². The molecule has 0 unspecified atom stereocenters. The van der Waals surface area contributed by atoms with Crippen molar-refractivity contribution in [3.8, 4) is 5.69 Å². The predicted octanol–water partition coefficient (Wildman–Crippen LogP) is 3.02. The Morgan fingerprint density at radius 2 is 2.20 bits per heavy atom. The lowest BCUT2D eigenvalue weighted by atomic mass is 10.3. The second-order valence-corrected chi connectivity index (χ2v) is 6.38. The molecule has 1 amide bonds. The number of carbonyl (C=O) groups is 1. The Balaban J connectivity index is 1.60. The lowest BCUT2D eigenvalue weighted by Crippen LogP contribution is -2.24. The molecule has 0 atom stereocenters. The molecule has 0 bridgehead atoms. The number of amides is 1. The fraction of sp³-hybridized carbons (Fsp3) is 0.294. The van der Waals surface area contributed by atoms with E-state index in [0.29, 0.717) is 22.4 Å². The van der Waals surface area contributed by atoms with Crippen molar-refractivity contribution in [1.82, 2.24) is 25.1 Å². The minimum absolute atomic E-state index is 0.128. The van der Waals surface area contributed by atoms with Crippen molar-refractivity contribution >= 4 is 17.5 Å². The third-order valence-corrected chi connectivity index (χ3v) is 4.44. The van der Waals surface area contributed by atoms with E-state index < -0.39 is 0 Å². The van der Waals surface area contributed by atoms with Gasteiger partial charge in [-0.2, -0.15) is 0 Å². The number of para-hydroxylation sites is 1. The van der Waals surface area contributed by atoms with Crippen LogP contribution in [0.25, 0.3) is 5.69 Å². The number of nitrogens with one attached hydrogen (secondary N) is 1. The molecule has 1 aliphatic carbocycles. The van der Waals surface area contributed by atoms with Crippen LogP contribution in [0.1, 0.15) is 46.7 Å². The number of benzene rings is 1. The molecule has 0 spiro atoms. The first-order valence-electron chi connectivity index (χ1n) is 8.02. The third-order valence-electron chi connectivity index (χ3n) is 4.12. The molecule has 0 saturated heterocycles. The lowest BCUT2D eigenvalue weighted by molar-refractivity contribution is 0.0940. The average molecular weight is 358 g/mol. The number of aromatic nitrogens is 4. The zero-order chi connectivity index (χ0) is 17.4. The van der Waals surface area contributed by atoms with Gasteiger partial charge in [0.05, 0.1) is 17.3 Å². The minimum Gasteiger partial charge on any atom is -0.448 e. The maximum Gasteiger partial charge on any atom is 0.291 e. The molecule has 1 N–H and O–H groups in total. The van der Waals surface area contributed by atoms with E-state index in [-0.39, 0.29) is 18.3 Å². The zero-order valence-corrected chi connectivity index (χ0v) is 14.3. The molecule has 7 nitrogen and oxygen atoms in total. The molecule has 25 heavy (non-hydrogen) atoms. The van der Waals surface area contributed by atoms with Crippen LogP contribution in [-0.2, 0) is 6.54 Å². The highest BCUT2D eigenvalue weighted by Gasteiger charge is 2.32. The van der Waals surface area contributed by atoms with E-state index in [2.05, 4.69) is 20.4 Å². The van der Waals surface area contributed by atoms with Crippen LogP contribution in [0.2, 0.25) is 5.02 Å². The van der Waals surface area contributed by atoms with Crippen LogP contribution < -0.4 is 5.32 Å². The van der Waals surface area contributed by atoms with Crippen LogP contribution >= 0.6 is 11.6 Å². The van der Waals surface area contributed by atoms with Crippen molar-refractivity contribution in [2.45, 2.75) is 32.2 Å². The van der Waals surface area contributed by atoms with Gasteiger partial charge in [0.2, 0.25) is 5.82 Å². The van der Waals surface area contributed by atoms with Crippen molar-refractivity contribution in [1.29, 1.82) is 0 Å². The summed E-state index contributed by atoms with van der Waals surface area (Å²) in [5.74, 6) is 1.55. The van der Waals surface area contributed by atoms with Crippen molar-refractivity contribution < 1.29 is 9.21 Å². The minimum atomic E-state index is -0.352. The van der Waals surface area contributed by atoms with E-state index in [0.717, 1.165) is 24.4 Å². The Morgan fingerprint density at radius 1 is 1.40 bits per heavy atom. The van der Waals surface area contributed by atoms with Crippen LogP contribution in [0.3, 0.4) is 0 Å². The number of rotatable bonds is 5. The van der Waals surface area contributed by atoms with Gasteiger partial charge in [-0.3, -0.25) is 4.79 Å². The Kier molecular flexibility index (Phi) is 4.01. The van der Waals surface area contributed by atoms with Crippen molar-refractivity contribution in [2.24, 2.45) is 0 Å². The van der Waals surface area contributed by atoms with Crippen LogP contribution in [-0.4, -0.2) is 25.7 Å². The van der Waals surface area contributed by atoms with Crippen molar-refractivity contribution in [2.75, 3.05) is 0 Å². The summed E-state index contributed by atoms with van der Waals surface area (Å²) in [5.41, 5.74) is 1.41. The van der Waals surface area contributed by atoms with Crippen LogP contribution in [0.15, 0.2) is 35.1 Å². The normalized spacial score (nSPS) is 13.8. The molecule has 4 rings (SSSR count). The van der Waals surface area contributed by atoms with E-state index >= 15 is 0 Å². The van der Waals surface area contributed by atoms with Crippen molar-refractivity contribution in [3.05, 3.63) is 58.8 Å². The van der Waals surface area contributed by atoms with Gasteiger partial charge in [0.1, 0.15) is 17.3 Å². The van der Waals surface area contributed by atoms with Gasteiger partial charge < -0.3 is 9.73 Å². The smallest absolute Gasteiger partial charge is 0.291 e. The molecule has 1 aliphatic rings. The van der Waals surface area contributed by atoms with Gasteiger partial charge in [0, 0.05) is 5.92 Å². The summed E-state index contributed by atoms with van der Waals surface area (Å²) in [6, 6.07) is 7.39. The van der Waals surface area contributed by atoms with Gasteiger partial charge in [-0.25, -0.2) is 14.6 Å². The topological polar surface area (TPSA) is 85.8 Å². The summed E-state index contributed by atoms with van der Waals surface area (Å²) in [4.78, 5) is 20.9. The van der Waals surface area contributed by atoms with Gasteiger partial charge in [0.25, 0.3) is 5.91 Å². The van der Waals surface area contributed by atoms with Crippen LogP contribution in [0.4, 0.5) is 0 Å². The Morgan fingerprint density at radius 3 is 2.88 bits per heavy atom. The lowest BCUT2D eigenvalue weighted by Gasteiger charge is -2.06. The van der Waals surface area contributed by atoms with Crippen LogP contribution in [0, 0.1) is 6.92 Å². The standard InChI is InChI=1S/C17H16ClN5O2/c1-10-13(20-9-25-10)8-19-17(24)15-21-16(11-6-7-11)23(22-15)14-5-3-2-4-12(14)18/h2-5,9,11H,6-8H2,1H3,(H,19,24). The molecule has 0 aliphatic heterocycles. The number of carbonyl (C=O) groups excluding carboxylic acids is 1. The first-order chi connectivity index (χ1) is 12.1. The molecule has 1 aromatic carbocycles. The van der Waals surface area contributed by atoms with Gasteiger partial charge in [-0.1, -0.05) is 23.7 Å². The van der Waals surface area contributed by atoms with Gasteiger partial charge in [-0.15, -0.1) is 5.10 Å². The van der Waals surface area contributed by atoms with Crippen LogP contribution in [0.5, 0.6) is 0 Å². The molecule has 1 saturated carbocycles. The largest absolute Gasteiger partial charge is 0.448 e. The number of hydrogen-bond donors (Lipinski definition) is 1. The van der Waals surface area contributed by atoms with Gasteiger partial charge in [-0.05, 0) is 31.9 Å². The molecule has 1 fully saturated rings. The molecule has 0 radical (unpaired) electrons. The summed E-state index contributed by atoms with van der Waals surface area (Å²) in [6.07, 6.45) is 3.44. The number of aryl methyl sites for hydroxylation is 1. The fourth-order valence-electron chi connectivity index (χ4n) is 2.57. The molecule has 8 heteroatoms. The number of nitrogens with zero attached hydrogens (tertiary/aromatic N) is 4. The summed E-state index contributed by atoms with van der Waals surface area (Å²) < 4.78 is 6.80. The van der Waals surface area contributed by atoms with E-state index in [1.807, 2.05) is 18.2 Å². The highest BCUT2D eigenvalue weighted by molar-refractivity contribution is 6.32. The Bertz CT molecular complexity index is 929. The molecule has 2 heterocycles. The molecular formula is C17H16ClN5O2. The number of oxazole rings is 1. The maximum absolute atomic E-state index is 12.4. The molecule has 3 aromatic rings. The fourth-order valence-corrected chi connectivity index (χ4v) is 2.78. The molecular weight excluding hydrogens is 342 g/mol. The van der Waals surface area contributed by atoms with E-state index in [4.69, 9.17) is 16.0 Å².